The quantitative estimate of drug-likeness (QED) is 0.650. The Morgan fingerprint density at radius 1 is 1.38 bits per heavy atom. The van der Waals surface area contributed by atoms with Gasteiger partial charge in [-0.2, -0.15) is 4.31 Å². The Hall–Kier alpha value is -0.660. The summed E-state index contributed by atoms with van der Waals surface area (Å²) in [4.78, 5) is 11.2. The molecule has 0 aliphatic heterocycles. The highest BCUT2D eigenvalue weighted by Crippen LogP contribution is 2.13. The fourth-order valence-corrected chi connectivity index (χ4v) is 2.94. The van der Waals surface area contributed by atoms with Gasteiger partial charge >= 0.3 is 5.97 Å². The van der Waals surface area contributed by atoms with Gasteiger partial charge in [0.25, 0.3) is 0 Å². The van der Waals surface area contributed by atoms with E-state index in [-0.39, 0.29) is 19.2 Å². The number of hydrogen-bond acceptors (Lipinski definition) is 5. The molecule has 0 radical (unpaired) electrons. The zero-order valence-corrected chi connectivity index (χ0v) is 10.8. The first kappa shape index (κ1) is 15.3. The molecule has 0 amide bonds. The fourth-order valence-electron chi connectivity index (χ4n) is 1.27. The molecule has 16 heavy (non-hydrogen) atoms. The summed E-state index contributed by atoms with van der Waals surface area (Å²) in [6.45, 7) is 4.31. The van der Waals surface area contributed by atoms with Crippen molar-refractivity contribution in [1.29, 1.82) is 0 Å². The SMILES string of the molecule is COC(=O)C(C)S(=O)(=O)N(CCO)C(C)C. The molecular weight excluding hydrogens is 234 g/mol. The lowest BCUT2D eigenvalue weighted by Crippen LogP contribution is -2.46. The van der Waals surface area contributed by atoms with E-state index < -0.39 is 21.2 Å². The third kappa shape index (κ3) is 3.43. The molecule has 0 rings (SSSR count). The monoisotopic (exact) mass is 253 g/mol. The third-order valence-corrected chi connectivity index (χ3v) is 4.55. The molecular formula is C9H19NO5S. The zero-order valence-electron chi connectivity index (χ0n) is 10.0. The predicted octanol–water partition coefficient (Wildman–Crippen LogP) is -0.420. The Balaban J connectivity index is 5.06. The molecule has 0 aliphatic rings. The number of esters is 1. The highest BCUT2D eigenvalue weighted by atomic mass is 32.2. The van der Waals surface area contributed by atoms with Gasteiger partial charge in [-0.1, -0.05) is 0 Å². The highest BCUT2D eigenvalue weighted by Gasteiger charge is 2.35. The van der Waals surface area contributed by atoms with Gasteiger partial charge in [-0.25, -0.2) is 8.42 Å². The van der Waals surface area contributed by atoms with E-state index in [0.717, 1.165) is 11.4 Å². The molecule has 0 aromatic rings. The van der Waals surface area contributed by atoms with Crippen LogP contribution in [-0.2, 0) is 19.6 Å². The minimum atomic E-state index is -3.78. The molecule has 0 aromatic heterocycles. The van der Waals surface area contributed by atoms with Crippen LogP contribution in [0.3, 0.4) is 0 Å². The van der Waals surface area contributed by atoms with Crippen molar-refractivity contribution in [2.75, 3.05) is 20.3 Å². The first-order chi connectivity index (χ1) is 7.28. The second kappa shape index (κ2) is 6.17. The van der Waals surface area contributed by atoms with Gasteiger partial charge in [0, 0.05) is 12.6 Å². The number of rotatable bonds is 6. The van der Waals surface area contributed by atoms with Crippen molar-refractivity contribution in [1.82, 2.24) is 4.31 Å². The summed E-state index contributed by atoms with van der Waals surface area (Å²) in [5.41, 5.74) is 0. The lowest BCUT2D eigenvalue weighted by molar-refractivity contribution is -0.139. The van der Waals surface area contributed by atoms with E-state index in [1.807, 2.05) is 0 Å². The number of aliphatic hydroxyl groups excluding tert-OH is 1. The van der Waals surface area contributed by atoms with Crippen molar-refractivity contribution in [2.45, 2.75) is 32.1 Å². The summed E-state index contributed by atoms with van der Waals surface area (Å²) in [5, 5.41) is 7.55. The summed E-state index contributed by atoms with van der Waals surface area (Å²) in [5.74, 6) is -0.802. The normalized spacial score (nSPS) is 14.2. The zero-order chi connectivity index (χ0) is 12.9. The Morgan fingerprint density at radius 3 is 2.19 bits per heavy atom. The minimum Gasteiger partial charge on any atom is -0.468 e. The summed E-state index contributed by atoms with van der Waals surface area (Å²) >= 11 is 0. The van der Waals surface area contributed by atoms with Gasteiger partial charge in [0.1, 0.15) is 0 Å². The number of hydrogen-bond donors (Lipinski definition) is 1. The molecule has 0 fully saturated rings. The van der Waals surface area contributed by atoms with Crippen LogP contribution in [0.15, 0.2) is 0 Å². The lowest BCUT2D eigenvalue weighted by Gasteiger charge is -2.27. The van der Waals surface area contributed by atoms with Crippen LogP contribution in [0.4, 0.5) is 0 Å². The molecule has 0 saturated carbocycles. The molecule has 1 N–H and O–H groups in total. The van der Waals surface area contributed by atoms with Gasteiger partial charge in [0.2, 0.25) is 10.0 Å². The average Bonchev–Trinajstić information content (AvgIpc) is 2.22. The van der Waals surface area contributed by atoms with Crippen molar-refractivity contribution < 1.29 is 23.1 Å². The molecule has 7 heteroatoms. The summed E-state index contributed by atoms with van der Waals surface area (Å²) in [7, 11) is -2.64. The maximum absolute atomic E-state index is 12.0. The summed E-state index contributed by atoms with van der Waals surface area (Å²) in [6.07, 6.45) is 0. The second-order valence-corrected chi connectivity index (χ2v) is 5.84. The van der Waals surface area contributed by atoms with Crippen LogP contribution in [0.25, 0.3) is 0 Å². The first-order valence-corrected chi connectivity index (χ1v) is 6.48. The van der Waals surface area contributed by atoms with Crippen LogP contribution < -0.4 is 0 Å². The van der Waals surface area contributed by atoms with Crippen LogP contribution in [0.5, 0.6) is 0 Å². The maximum Gasteiger partial charge on any atom is 0.325 e. The minimum absolute atomic E-state index is 0.0265. The standard InChI is InChI=1S/C9H19NO5S/c1-7(2)10(5-6-11)16(13,14)8(3)9(12)15-4/h7-8,11H,5-6H2,1-4H3. The molecule has 6 nitrogen and oxygen atoms in total. The van der Waals surface area contributed by atoms with E-state index in [9.17, 15) is 13.2 Å². The van der Waals surface area contributed by atoms with Gasteiger partial charge in [-0.05, 0) is 20.8 Å². The molecule has 0 heterocycles. The summed E-state index contributed by atoms with van der Waals surface area (Å²) < 4.78 is 29.4. The molecule has 0 bridgehead atoms. The van der Waals surface area contributed by atoms with E-state index in [4.69, 9.17) is 5.11 Å². The fraction of sp³-hybridized carbons (Fsp3) is 0.889. The number of nitrogens with zero attached hydrogens (tertiary/aromatic N) is 1. The van der Waals surface area contributed by atoms with E-state index in [1.54, 1.807) is 13.8 Å². The number of methoxy groups -OCH3 is 1. The molecule has 0 aromatic carbocycles. The van der Waals surface area contributed by atoms with Gasteiger partial charge in [-0.15, -0.1) is 0 Å². The topological polar surface area (TPSA) is 83.9 Å². The van der Waals surface area contributed by atoms with Gasteiger partial charge < -0.3 is 9.84 Å². The largest absolute Gasteiger partial charge is 0.468 e. The van der Waals surface area contributed by atoms with Crippen molar-refractivity contribution >= 4 is 16.0 Å². The number of ether oxygens (including phenoxy) is 1. The van der Waals surface area contributed by atoms with Crippen molar-refractivity contribution in [3.63, 3.8) is 0 Å². The average molecular weight is 253 g/mol. The Morgan fingerprint density at radius 2 is 1.88 bits per heavy atom. The van der Waals surface area contributed by atoms with Crippen molar-refractivity contribution in [3.8, 4) is 0 Å². The highest BCUT2D eigenvalue weighted by molar-refractivity contribution is 7.90. The van der Waals surface area contributed by atoms with Crippen molar-refractivity contribution in [2.24, 2.45) is 0 Å². The van der Waals surface area contributed by atoms with Crippen molar-refractivity contribution in [3.05, 3.63) is 0 Å². The van der Waals surface area contributed by atoms with Gasteiger partial charge in [0.05, 0.1) is 13.7 Å². The maximum atomic E-state index is 12.0. The lowest BCUT2D eigenvalue weighted by atomic mass is 10.4. The van der Waals surface area contributed by atoms with E-state index >= 15 is 0 Å². The molecule has 0 spiro atoms. The third-order valence-electron chi connectivity index (χ3n) is 2.20. The van der Waals surface area contributed by atoms with Crippen LogP contribution in [0, 0.1) is 0 Å². The van der Waals surface area contributed by atoms with Crippen LogP contribution >= 0.6 is 0 Å². The predicted molar refractivity (Wildman–Crippen MR) is 59.3 cm³/mol. The molecule has 1 atom stereocenters. The number of sulfonamides is 1. The van der Waals surface area contributed by atoms with Crippen LogP contribution in [0.1, 0.15) is 20.8 Å². The Labute approximate surface area is 96.2 Å². The van der Waals surface area contributed by atoms with E-state index in [2.05, 4.69) is 4.74 Å². The molecule has 96 valence electrons. The van der Waals surface area contributed by atoms with Gasteiger partial charge in [-0.3, -0.25) is 4.79 Å². The second-order valence-electron chi connectivity index (χ2n) is 3.64. The Kier molecular flexibility index (Phi) is 5.91. The number of aliphatic hydroxyl groups is 1. The van der Waals surface area contributed by atoms with Crippen LogP contribution in [0.2, 0.25) is 0 Å². The van der Waals surface area contributed by atoms with Gasteiger partial charge in [0.15, 0.2) is 5.25 Å². The molecule has 1 unspecified atom stereocenters. The smallest absolute Gasteiger partial charge is 0.325 e. The first-order valence-electron chi connectivity index (χ1n) is 4.98. The Bertz CT molecular complexity index is 325. The summed E-state index contributed by atoms with van der Waals surface area (Å²) in [6, 6.07) is -0.316. The number of carbonyl (C=O) groups is 1. The van der Waals surface area contributed by atoms with E-state index in [1.165, 1.54) is 6.92 Å². The van der Waals surface area contributed by atoms with E-state index in [0.29, 0.717) is 0 Å². The van der Waals surface area contributed by atoms with Crippen LogP contribution in [-0.4, -0.2) is 55.4 Å². The molecule has 0 aliphatic carbocycles. The number of carbonyl (C=O) groups excluding carboxylic acids is 1. The molecule has 0 saturated heterocycles.